The van der Waals surface area contributed by atoms with Crippen molar-refractivity contribution in [1.82, 2.24) is 10.3 Å². The predicted octanol–water partition coefficient (Wildman–Crippen LogP) is 3.75. The van der Waals surface area contributed by atoms with Gasteiger partial charge in [0.1, 0.15) is 6.04 Å². The average molecular weight is 358 g/mol. The van der Waals surface area contributed by atoms with Crippen LogP contribution in [0.1, 0.15) is 15.9 Å². The Labute approximate surface area is 155 Å². The van der Waals surface area contributed by atoms with E-state index in [2.05, 4.69) is 10.3 Å². The van der Waals surface area contributed by atoms with Crippen LogP contribution in [0.2, 0.25) is 0 Å². The first kappa shape index (κ1) is 16.8. The highest BCUT2D eigenvalue weighted by atomic mass is 16.4. The van der Waals surface area contributed by atoms with Crippen molar-refractivity contribution in [3.05, 3.63) is 84.1 Å². The third-order valence-electron chi connectivity index (χ3n) is 4.74. The smallest absolute Gasteiger partial charge is 0.326 e. The van der Waals surface area contributed by atoms with E-state index in [1.54, 1.807) is 18.3 Å². The van der Waals surface area contributed by atoms with Gasteiger partial charge in [-0.05, 0) is 28.5 Å². The molecule has 0 saturated carbocycles. The Kier molecular flexibility index (Phi) is 4.34. The molecule has 0 aliphatic heterocycles. The number of hydrogen-bond donors (Lipinski definition) is 3. The Morgan fingerprint density at radius 1 is 0.926 bits per heavy atom. The van der Waals surface area contributed by atoms with Crippen molar-refractivity contribution in [2.75, 3.05) is 0 Å². The van der Waals surface area contributed by atoms with Gasteiger partial charge in [-0.3, -0.25) is 4.79 Å². The summed E-state index contributed by atoms with van der Waals surface area (Å²) in [6, 6.07) is 19.7. The number of fused-ring (bicyclic) bond motifs is 2. The number of aromatic amines is 1. The van der Waals surface area contributed by atoms with E-state index in [4.69, 9.17) is 0 Å². The number of amides is 1. The van der Waals surface area contributed by atoms with E-state index in [0.717, 1.165) is 27.2 Å². The van der Waals surface area contributed by atoms with Gasteiger partial charge >= 0.3 is 5.97 Å². The summed E-state index contributed by atoms with van der Waals surface area (Å²) in [6.07, 6.45) is 2.00. The Morgan fingerprint density at radius 3 is 2.44 bits per heavy atom. The normalized spacial score (nSPS) is 12.1. The fourth-order valence-electron chi connectivity index (χ4n) is 3.38. The van der Waals surface area contributed by atoms with E-state index in [9.17, 15) is 14.7 Å². The lowest BCUT2D eigenvalue weighted by molar-refractivity contribution is -0.139. The van der Waals surface area contributed by atoms with Gasteiger partial charge in [0.05, 0.1) is 0 Å². The second-order valence-corrected chi connectivity index (χ2v) is 6.45. The van der Waals surface area contributed by atoms with Gasteiger partial charge in [-0.25, -0.2) is 4.79 Å². The Morgan fingerprint density at radius 2 is 1.63 bits per heavy atom. The summed E-state index contributed by atoms with van der Waals surface area (Å²) in [4.78, 5) is 27.7. The fourth-order valence-corrected chi connectivity index (χ4v) is 3.38. The van der Waals surface area contributed by atoms with Crippen LogP contribution < -0.4 is 5.32 Å². The minimum absolute atomic E-state index is 0.204. The first-order chi connectivity index (χ1) is 13.1. The number of carbonyl (C=O) groups excluding carboxylic acids is 1. The van der Waals surface area contributed by atoms with Gasteiger partial charge in [0, 0.05) is 29.1 Å². The standard InChI is InChI=1S/C22H18N2O3/c25-21(18-10-5-7-14-6-1-2-8-16(14)18)24-20(22(26)27)12-15-13-23-19-11-4-3-9-17(15)19/h1-11,13,20,23H,12H2,(H,24,25)(H,26,27)/t20-/m0/s1. The number of H-pyrrole nitrogens is 1. The maximum atomic E-state index is 12.8. The van der Waals surface area contributed by atoms with Gasteiger partial charge in [-0.15, -0.1) is 0 Å². The topological polar surface area (TPSA) is 82.2 Å². The van der Waals surface area contributed by atoms with Crippen LogP contribution in [0.4, 0.5) is 0 Å². The zero-order valence-electron chi connectivity index (χ0n) is 14.5. The molecule has 5 heteroatoms. The van der Waals surface area contributed by atoms with Gasteiger partial charge in [-0.2, -0.15) is 0 Å². The van der Waals surface area contributed by atoms with Crippen molar-refractivity contribution in [2.45, 2.75) is 12.5 Å². The molecule has 134 valence electrons. The number of rotatable bonds is 5. The lowest BCUT2D eigenvalue weighted by Gasteiger charge is -2.15. The zero-order valence-corrected chi connectivity index (χ0v) is 14.5. The zero-order chi connectivity index (χ0) is 18.8. The van der Waals surface area contributed by atoms with Crippen LogP contribution in [0.25, 0.3) is 21.7 Å². The van der Waals surface area contributed by atoms with Crippen LogP contribution >= 0.6 is 0 Å². The third-order valence-corrected chi connectivity index (χ3v) is 4.74. The van der Waals surface area contributed by atoms with E-state index in [-0.39, 0.29) is 12.3 Å². The van der Waals surface area contributed by atoms with Crippen LogP contribution in [0.15, 0.2) is 72.9 Å². The van der Waals surface area contributed by atoms with Crippen molar-refractivity contribution in [2.24, 2.45) is 0 Å². The molecule has 0 radical (unpaired) electrons. The summed E-state index contributed by atoms with van der Waals surface area (Å²) >= 11 is 0. The van der Waals surface area contributed by atoms with Crippen LogP contribution in [0, 0.1) is 0 Å². The maximum absolute atomic E-state index is 12.8. The maximum Gasteiger partial charge on any atom is 0.326 e. The molecular formula is C22H18N2O3. The fraction of sp³-hybridized carbons (Fsp3) is 0.0909. The van der Waals surface area contributed by atoms with Crippen molar-refractivity contribution >= 4 is 33.6 Å². The predicted molar refractivity (Wildman–Crippen MR) is 105 cm³/mol. The van der Waals surface area contributed by atoms with Crippen molar-refractivity contribution < 1.29 is 14.7 Å². The largest absolute Gasteiger partial charge is 0.480 e. The SMILES string of the molecule is O=C(N[C@@H](Cc1c[nH]c2ccccc12)C(=O)O)c1cccc2ccccc12. The molecule has 0 spiro atoms. The van der Waals surface area contributed by atoms with Crippen molar-refractivity contribution in [1.29, 1.82) is 0 Å². The quantitative estimate of drug-likeness (QED) is 0.508. The molecule has 1 aromatic heterocycles. The molecule has 0 fully saturated rings. The highest BCUT2D eigenvalue weighted by Gasteiger charge is 2.23. The summed E-state index contributed by atoms with van der Waals surface area (Å²) < 4.78 is 0. The number of carbonyl (C=O) groups is 2. The Balaban J connectivity index is 1.61. The highest BCUT2D eigenvalue weighted by molar-refractivity contribution is 6.08. The molecule has 27 heavy (non-hydrogen) atoms. The molecule has 1 amide bonds. The van der Waals surface area contributed by atoms with Gasteiger partial charge < -0.3 is 15.4 Å². The second-order valence-electron chi connectivity index (χ2n) is 6.45. The molecule has 1 heterocycles. The minimum atomic E-state index is -1.06. The first-order valence-electron chi connectivity index (χ1n) is 8.70. The van der Waals surface area contributed by atoms with E-state index < -0.39 is 12.0 Å². The van der Waals surface area contributed by atoms with Crippen LogP contribution in [0.5, 0.6) is 0 Å². The summed E-state index contributed by atoms with van der Waals surface area (Å²) in [5.74, 6) is -1.45. The number of carboxylic acid groups (broad SMARTS) is 1. The monoisotopic (exact) mass is 358 g/mol. The van der Waals surface area contributed by atoms with Crippen molar-refractivity contribution in [3.63, 3.8) is 0 Å². The Bertz CT molecular complexity index is 1140. The molecule has 0 saturated heterocycles. The molecule has 0 unspecified atom stereocenters. The molecular weight excluding hydrogens is 340 g/mol. The highest BCUT2D eigenvalue weighted by Crippen LogP contribution is 2.21. The van der Waals surface area contributed by atoms with Crippen molar-refractivity contribution in [3.8, 4) is 0 Å². The molecule has 1 atom stereocenters. The molecule has 4 rings (SSSR count). The lowest BCUT2D eigenvalue weighted by Crippen LogP contribution is -2.42. The first-order valence-corrected chi connectivity index (χ1v) is 8.70. The summed E-state index contributed by atoms with van der Waals surface area (Å²) in [5, 5.41) is 15.0. The van der Waals surface area contributed by atoms with Gasteiger partial charge in [0.15, 0.2) is 0 Å². The molecule has 5 nitrogen and oxygen atoms in total. The number of hydrogen-bond acceptors (Lipinski definition) is 2. The molecule has 0 bridgehead atoms. The number of aliphatic carboxylic acids is 1. The van der Waals surface area contributed by atoms with Crippen LogP contribution in [0.3, 0.4) is 0 Å². The molecule has 0 aliphatic carbocycles. The van der Waals surface area contributed by atoms with Gasteiger partial charge in [-0.1, -0.05) is 54.6 Å². The minimum Gasteiger partial charge on any atom is -0.480 e. The van der Waals surface area contributed by atoms with Gasteiger partial charge in [0.25, 0.3) is 5.91 Å². The average Bonchev–Trinajstić information content (AvgIpc) is 3.10. The number of carboxylic acids is 1. The molecule has 4 aromatic rings. The number of para-hydroxylation sites is 1. The van der Waals surface area contributed by atoms with Crippen LogP contribution in [-0.4, -0.2) is 28.0 Å². The van der Waals surface area contributed by atoms with Crippen LogP contribution in [-0.2, 0) is 11.2 Å². The second kappa shape index (κ2) is 6.96. The molecule has 3 N–H and O–H groups in total. The third kappa shape index (κ3) is 3.27. The number of nitrogens with one attached hydrogen (secondary N) is 2. The van der Waals surface area contributed by atoms with E-state index in [1.165, 1.54) is 0 Å². The summed E-state index contributed by atoms with van der Waals surface area (Å²) in [5.41, 5.74) is 2.27. The van der Waals surface area contributed by atoms with E-state index >= 15 is 0 Å². The number of benzene rings is 3. The Hall–Kier alpha value is -3.60. The summed E-state index contributed by atoms with van der Waals surface area (Å²) in [7, 11) is 0. The number of aromatic nitrogens is 1. The van der Waals surface area contributed by atoms with E-state index in [0.29, 0.717) is 5.56 Å². The van der Waals surface area contributed by atoms with E-state index in [1.807, 2.05) is 54.6 Å². The lowest BCUT2D eigenvalue weighted by atomic mass is 10.0. The van der Waals surface area contributed by atoms with Gasteiger partial charge in [0.2, 0.25) is 0 Å². The molecule has 3 aromatic carbocycles. The molecule has 0 aliphatic rings. The summed E-state index contributed by atoms with van der Waals surface area (Å²) in [6.45, 7) is 0.